The largest absolute Gasteiger partial charge is 0.378 e. The minimum atomic E-state index is -2.25. The molecule has 1 saturated heterocycles. The van der Waals surface area contributed by atoms with Gasteiger partial charge < -0.3 is 9.64 Å². The van der Waals surface area contributed by atoms with Crippen LogP contribution in [-0.4, -0.2) is 49.1 Å². The highest BCUT2D eigenvalue weighted by atomic mass is 31.2. The zero-order chi connectivity index (χ0) is 21.5. The molecule has 0 atom stereocenters. The van der Waals surface area contributed by atoms with Gasteiger partial charge in [-0.3, -0.25) is 9.59 Å². The standard InChI is InChI=1S/C26H27NO3P/c28-22(20-26(29)27-16-18-30-19-17-27)21-31(23-10-4-1-5-11-23,24-12-6-2-7-13-24)25-14-8-3-9-15-25/h1-15H,16-21H2/q+1. The SMILES string of the molecule is O=C(CC(=O)N1CCOCC1)C[P+](c1ccccc1)(c1ccccc1)c1ccccc1. The van der Waals surface area contributed by atoms with E-state index in [4.69, 9.17) is 4.74 Å². The van der Waals surface area contributed by atoms with E-state index in [0.717, 1.165) is 15.9 Å². The number of ketones is 1. The van der Waals surface area contributed by atoms with Gasteiger partial charge in [0.2, 0.25) is 5.91 Å². The zero-order valence-corrected chi connectivity index (χ0v) is 18.4. The average Bonchev–Trinajstić information content (AvgIpc) is 2.85. The van der Waals surface area contributed by atoms with Crippen LogP contribution in [0.5, 0.6) is 0 Å². The van der Waals surface area contributed by atoms with Crippen LogP contribution in [0.2, 0.25) is 0 Å². The summed E-state index contributed by atoms with van der Waals surface area (Å²) in [6.45, 7) is 2.19. The molecular weight excluding hydrogens is 405 g/mol. The first-order valence-corrected chi connectivity index (χ1v) is 12.6. The van der Waals surface area contributed by atoms with Gasteiger partial charge in [0.05, 0.1) is 19.6 Å². The smallest absolute Gasteiger partial charge is 0.230 e. The monoisotopic (exact) mass is 432 g/mol. The van der Waals surface area contributed by atoms with E-state index < -0.39 is 7.26 Å². The van der Waals surface area contributed by atoms with Gasteiger partial charge in [-0.1, -0.05) is 54.6 Å². The molecule has 5 heteroatoms. The van der Waals surface area contributed by atoms with Crippen molar-refractivity contribution in [2.45, 2.75) is 6.42 Å². The van der Waals surface area contributed by atoms with Gasteiger partial charge in [-0.2, -0.15) is 0 Å². The lowest BCUT2D eigenvalue weighted by atomic mass is 10.2. The quantitative estimate of drug-likeness (QED) is 0.426. The third-order valence-corrected chi connectivity index (χ3v) is 10.1. The summed E-state index contributed by atoms with van der Waals surface area (Å²) in [5, 5.41) is 3.46. The van der Waals surface area contributed by atoms with Gasteiger partial charge in [0.1, 0.15) is 29.3 Å². The summed E-state index contributed by atoms with van der Waals surface area (Å²) in [5.41, 5.74) is 0. The lowest BCUT2D eigenvalue weighted by molar-refractivity contribution is -0.138. The molecule has 1 fully saturated rings. The number of carbonyl (C=O) groups excluding carboxylic acids is 2. The third-order valence-electron chi connectivity index (χ3n) is 5.72. The van der Waals surface area contributed by atoms with E-state index in [2.05, 4.69) is 36.4 Å². The average molecular weight is 432 g/mol. The normalized spacial score (nSPS) is 14.3. The maximum absolute atomic E-state index is 13.4. The Morgan fingerprint density at radius 3 is 1.55 bits per heavy atom. The number of ether oxygens (including phenoxy) is 1. The molecule has 0 N–H and O–H groups in total. The van der Waals surface area contributed by atoms with Crippen LogP contribution in [0, 0.1) is 0 Å². The predicted octanol–water partition coefficient (Wildman–Crippen LogP) is 2.80. The molecule has 0 aliphatic carbocycles. The van der Waals surface area contributed by atoms with Crippen LogP contribution < -0.4 is 15.9 Å². The first-order valence-electron chi connectivity index (χ1n) is 10.6. The summed E-state index contributed by atoms with van der Waals surface area (Å²) in [6.07, 6.45) is 0.273. The van der Waals surface area contributed by atoms with Gasteiger partial charge >= 0.3 is 0 Å². The number of amides is 1. The molecule has 1 aliphatic rings. The topological polar surface area (TPSA) is 46.6 Å². The highest BCUT2D eigenvalue weighted by Gasteiger charge is 2.47. The lowest BCUT2D eigenvalue weighted by Gasteiger charge is -2.28. The van der Waals surface area contributed by atoms with Gasteiger partial charge in [-0.25, -0.2) is 0 Å². The zero-order valence-electron chi connectivity index (χ0n) is 17.5. The summed E-state index contributed by atoms with van der Waals surface area (Å²) >= 11 is 0. The minimum absolute atomic E-state index is 0.0126. The van der Waals surface area contributed by atoms with Crippen LogP contribution in [0.3, 0.4) is 0 Å². The Morgan fingerprint density at radius 1 is 0.710 bits per heavy atom. The fraction of sp³-hybridized carbons (Fsp3) is 0.231. The van der Waals surface area contributed by atoms with Crippen molar-refractivity contribution in [3.8, 4) is 0 Å². The van der Waals surface area contributed by atoms with Crippen molar-refractivity contribution in [1.82, 2.24) is 4.90 Å². The van der Waals surface area contributed by atoms with E-state index in [1.165, 1.54) is 0 Å². The molecule has 1 heterocycles. The molecule has 3 aromatic carbocycles. The molecule has 4 rings (SSSR count). The molecule has 0 saturated carbocycles. The van der Waals surface area contributed by atoms with E-state index in [9.17, 15) is 9.59 Å². The fourth-order valence-corrected chi connectivity index (χ4v) is 8.31. The van der Waals surface area contributed by atoms with Gasteiger partial charge in [0, 0.05) is 13.1 Å². The van der Waals surface area contributed by atoms with E-state index in [1.807, 2.05) is 54.6 Å². The van der Waals surface area contributed by atoms with Crippen LogP contribution in [-0.2, 0) is 14.3 Å². The Hall–Kier alpha value is -2.81. The molecule has 0 aromatic heterocycles. The number of hydrogen-bond acceptors (Lipinski definition) is 3. The highest BCUT2D eigenvalue weighted by Crippen LogP contribution is 2.55. The molecule has 0 radical (unpaired) electrons. The van der Waals surface area contributed by atoms with Gasteiger partial charge in [-0.15, -0.1) is 0 Å². The van der Waals surface area contributed by atoms with E-state index in [0.29, 0.717) is 32.5 Å². The second-order valence-corrected chi connectivity index (χ2v) is 11.2. The Labute approximate surface area is 184 Å². The summed E-state index contributed by atoms with van der Waals surface area (Å²) < 4.78 is 5.34. The van der Waals surface area contributed by atoms with Gasteiger partial charge in [-0.05, 0) is 36.4 Å². The third kappa shape index (κ3) is 4.76. The number of nitrogens with zero attached hydrogens (tertiary/aromatic N) is 1. The van der Waals surface area contributed by atoms with Crippen LogP contribution in [0.25, 0.3) is 0 Å². The van der Waals surface area contributed by atoms with Crippen molar-refractivity contribution < 1.29 is 14.3 Å². The number of Topliss-reactive ketones (excluding diaryl/α,β-unsaturated/α-hetero) is 1. The van der Waals surface area contributed by atoms with Crippen LogP contribution in [0.15, 0.2) is 91.0 Å². The van der Waals surface area contributed by atoms with Crippen LogP contribution >= 0.6 is 7.26 Å². The first kappa shape index (κ1) is 21.4. The number of morpholine rings is 1. The van der Waals surface area contributed by atoms with Crippen LogP contribution in [0.1, 0.15) is 6.42 Å². The van der Waals surface area contributed by atoms with Crippen molar-refractivity contribution in [3.63, 3.8) is 0 Å². The molecule has 3 aromatic rings. The van der Waals surface area contributed by atoms with Crippen molar-refractivity contribution >= 4 is 34.9 Å². The minimum Gasteiger partial charge on any atom is -0.378 e. The second kappa shape index (κ2) is 10.00. The predicted molar refractivity (Wildman–Crippen MR) is 127 cm³/mol. The number of carbonyl (C=O) groups is 2. The summed E-state index contributed by atoms with van der Waals surface area (Å²) in [7, 11) is -2.25. The molecule has 0 spiro atoms. The fourth-order valence-electron chi connectivity index (χ4n) is 4.18. The molecular formula is C26H27NO3P+. The molecule has 4 nitrogen and oxygen atoms in total. The second-order valence-electron chi connectivity index (χ2n) is 7.68. The van der Waals surface area contributed by atoms with Crippen molar-refractivity contribution in [3.05, 3.63) is 91.0 Å². The first-order chi connectivity index (χ1) is 15.2. The molecule has 0 unspecified atom stereocenters. The van der Waals surface area contributed by atoms with Gasteiger partial charge in [0.25, 0.3) is 0 Å². The lowest BCUT2D eigenvalue weighted by Crippen LogP contribution is -2.42. The van der Waals surface area contributed by atoms with E-state index in [1.54, 1.807) is 4.90 Å². The molecule has 1 amide bonds. The maximum Gasteiger partial charge on any atom is 0.230 e. The maximum atomic E-state index is 13.4. The molecule has 1 aliphatic heterocycles. The molecule has 158 valence electrons. The summed E-state index contributed by atoms with van der Waals surface area (Å²) in [4.78, 5) is 27.9. The van der Waals surface area contributed by atoms with Crippen molar-refractivity contribution in [2.75, 3.05) is 32.5 Å². The van der Waals surface area contributed by atoms with Gasteiger partial charge in [0.15, 0.2) is 5.78 Å². The van der Waals surface area contributed by atoms with E-state index >= 15 is 0 Å². The number of rotatable bonds is 7. The van der Waals surface area contributed by atoms with Crippen LogP contribution in [0.4, 0.5) is 0 Å². The van der Waals surface area contributed by atoms with E-state index in [-0.39, 0.29) is 18.1 Å². The van der Waals surface area contributed by atoms with Crippen molar-refractivity contribution in [1.29, 1.82) is 0 Å². The highest BCUT2D eigenvalue weighted by molar-refractivity contribution is 7.96. The number of benzene rings is 3. The Morgan fingerprint density at radius 2 is 1.13 bits per heavy atom. The molecule has 31 heavy (non-hydrogen) atoms. The number of hydrogen-bond donors (Lipinski definition) is 0. The molecule has 0 bridgehead atoms. The Bertz CT molecular complexity index is 906. The Kier molecular flexibility index (Phi) is 6.91. The summed E-state index contributed by atoms with van der Waals surface area (Å²) in [6, 6.07) is 30.9. The summed E-state index contributed by atoms with van der Waals surface area (Å²) in [5.74, 6) is -0.109. The van der Waals surface area contributed by atoms with Crippen molar-refractivity contribution in [2.24, 2.45) is 0 Å². The Balaban J connectivity index is 1.73.